The van der Waals surface area contributed by atoms with Crippen LogP contribution in [0.5, 0.6) is 5.75 Å². The van der Waals surface area contributed by atoms with Crippen molar-refractivity contribution in [1.29, 1.82) is 0 Å². The quantitative estimate of drug-likeness (QED) is 0.848. The third kappa shape index (κ3) is 3.33. The fourth-order valence-corrected chi connectivity index (χ4v) is 2.70. The van der Waals surface area contributed by atoms with Crippen molar-refractivity contribution in [2.45, 2.75) is 45.4 Å². The molecule has 1 aromatic carbocycles. The molecule has 0 aliphatic carbocycles. The van der Waals surface area contributed by atoms with Crippen LogP contribution in [0.15, 0.2) is 18.2 Å². The first-order valence-corrected chi connectivity index (χ1v) is 7.37. The van der Waals surface area contributed by atoms with Crippen LogP contribution in [-0.2, 0) is 16.6 Å². The summed E-state index contributed by atoms with van der Waals surface area (Å²) in [5.74, 6) is 1.14. The maximum absolute atomic E-state index is 12.2. The smallest absolute Gasteiger partial charge is 0.226 e. The number of rotatable bonds is 3. The van der Waals surface area contributed by atoms with Gasteiger partial charge < -0.3 is 9.64 Å². The first-order valence-electron chi connectivity index (χ1n) is 7.37. The van der Waals surface area contributed by atoms with Crippen molar-refractivity contribution in [3.63, 3.8) is 0 Å². The molecule has 1 amide bonds. The first-order chi connectivity index (χ1) is 9.41. The van der Waals surface area contributed by atoms with Crippen LogP contribution in [0.3, 0.4) is 0 Å². The Morgan fingerprint density at radius 2 is 1.90 bits per heavy atom. The molecule has 0 atom stereocenters. The molecule has 0 spiro atoms. The van der Waals surface area contributed by atoms with E-state index in [9.17, 15) is 4.79 Å². The highest BCUT2D eigenvalue weighted by molar-refractivity contribution is 5.79. The van der Waals surface area contributed by atoms with Crippen LogP contribution in [0.25, 0.3) is 0 Å². The standard InChI is InChI=1S/C17H25NO2/c1-17(2,3)14-11-13(7-8-15(14)20-4)12-16(19)18-9-5-6-10-18/h7-8,11H,5-6,9-10,12H2,1-4H3. The molecule has 1 saturated heterocycles. The summed E-state index contributed by atoms with van der Waals surface area (Å²) >= 11 is 0. The van der Waals surface area contributed by atoms with Gasteiger partial charge in [0.05, 0.1) is 13.5 Å². The van der Waals surface area contributed by atoms with Gasteiger partial charge in [-0.2, -0.15) is 0 Å². The summed E-state index contributed by atoms with van der Waals surface area (Å²) in [6, 6.07) is 6.10. The van der Waals surface area contributed by atoms with Crippen molar-refractivity contribution < 1.29 is 9.53 Å². The SMILES string of the molecule is COc1ccc(CC(=O)N2CCCC2)cc1C(C)(C)C. The molecule has 1 fully saturated rings. The monoisotopic (exact) mass is 275 g/mol. The summed E-state index contributed by atoms with van der Waals surface area (Å²) in [5, 5.41) is 0. The van der Waals surface area contributed by atoms with E-state index in [2.05, 4.69) is 26.8 Å². The summed E-state index contributed by atoms with van der Waals surface area (Å²) in [5.41, 5.74) is 2.25. The van der Waals surface area contributed by atoms with Gasteiger partial charge in [0.15, 0.2) is 0 Å². The molecule has 0 aromatic heterocycles. The first kappa shape index (κ1) is 14.9. The van der Waals surface area contributed by atoms with Crippen molar-refractivity contribution in [3.8, 4) is 5.75 Å². The van der Waals surface area contributed by atoms with Gasteiger partial charge in [-0.05, 0) is 35.4 Å². The van der Waals surface area contributed by atoms with Crippen LogP contribution in [0.1, 0.15) is 44.7 Å². The Morgan fingerprint density at radius 1 is 1.25 bits per heavy atom. The van der Waals surface area contributed by atoms with E-state index in [0.717, 1.165) is 42.8 Å². The lowest BCUT2D eigenvalue weighted by Crippen LogP contribution is -2.29. The lowest BCUT2D eigenvalue weighted by molar-refractivity contribution is -0.129. The molecular formula is C17H25NO2. The minimum atomic E-state index is 0.0119. The van der Waals surface area contributed by atoms with E-state index in [1.165, 1.54) is 0 Å². The topological polar surface area (TPSA) is 29.5 Å². The van der Waals surface area contributed by atoms with Gasteiger partial charge in [-0.15, -0.1) is 0 Å². The lowest BCUT2D eigenvalue weighted by Gasteiger charge is -2.23. The van der Waals surface area contributed by atoms with Gasteiger partial charge in [0.1, 0.15) is 5.75 Å². The number of benzene rings is 1. The number of methoxy groups -OCH3 is 1. The predicted octanol–water partition coefficient (Wildman–Crippen LogP) is 3.16. The van der Waals surface area contributed by atoms with Gasteiger partial charge in [0, 0.05) is 13.1 Å². The molecule has 1 aromatic rings. The predicted molar refractivity (Wildman–Crippen MR) is 81.2 cm³/mol. The maximum atomic E-state index is 12.2. The Kier molecular flexibility index (Phi) is 4.36. The maximum Gasteiger partial charge on any atom is 0.226 e. The molecule has 0 unspecified atom stereocenters. The number of carbonyl (C=O) groups excluding carboxylic acids is 1. The molecule has 1 aliphatic rings. The van der Waals surface area contributed by atoms with Crippen molar-refractivity contribution in [1.82, 2.24) is 4.90 Å². The summed E-state index contributed by atoms with van der Waals surface area (Å²) in [7, 11) is 1.69. The number of carbonyl (C=O) groups is 1. The summed E-state index contributed by atoms with van der Waals surface area (Å²) < 4.78 is 5.44. The normalized spacial score (nSPS) is 15.5. The molecular weight excluding hydrogens is 250 g/mol. The fourth-order valence-electron chi connectivity index (χ4n) is 2.70. The number of nitrogens with zero attached hydrogens (tertiary/aromatic N) is 1. The highest BCUT2D eigenvalue weighted by Gasteiger charge is 2.21. The van der Waals surface area contributed by atoms with Crippen LogP contribution in [-0.4, -0.2) is 31.0 Å². The molecule has 0 saturated carbocycles. The largest absolute Gasteiger partial charge is 0.496 e. The van der Waals surface area contributed by atoms with Gasteiger partial charge in [0.2, 0.25) is 5.91 Å². The van der Waals surface area contributed by atoms with E-state index in [1.54, 1.807) is 7.11 Å². The number of amides is 1. The Balaban J connectivity index is 2.18. The van der Waals surface area contributed by atoms with Gasteiger partial charge in [-0.3, -0.25) is 4.79 Å². The summed E-state index contributed by atoms with van der Waals surface area (Å²) in [4.78, 5) is 14.2. The number of likely N-dealkylation sites (tertiary alicyclic amines) is 1. The van der Waals surface area contributed by atoms with E-state index in [-0.39, 0.29) is 11.3 Å². The zero-order chi connectivity index (χ0) is 14.8. The van der Waals surface area contributed by atoms with Crippen molar-refractivity contribution >= 4 is 5.91 Å². The van der Waals surface area contributed by atoms with Crippen LogP contribution in [0.4, 0.5) is 0 Å². The van der Waals surface area contributed by atoms with Crippen molar-refractivity contribution in [2.75, 3.05) is 20.2 Å². The van der Waals surface area contributed by atoms with Crippen molar-refractivity contribution in [2.24, 2.45) is 0 Å². The van der Waals surface area contributed by atoms with E-state index < -0.39 is 0 Å². The molecule has 110 valence electrons. The highest BCUT2D eigenvalue weighted by atomic mass is 16.5. The zero-order valence-corrected chi connectivity index (χ0v) is 13.0. The van der Waals surface area contributed by atoms with Crippen molar-refractivity contribution in [3.05, 3.63) is 29.3 Å². The Bertz CT molecular complexity index is 482. The average molecular weight is 275 g/mol. The van der Waals surface area contributed by atoms with Crippen LogP contribution in [0.2, 0.25) is 0 Å². The second kappa shape index (κ2) is 5.86. The van der Waals surface area contributed by atoms with Gasteiger partial charge in [-0.25, -0.2) is 0 Å². The second-order valence-electron chi connectivity index (χ2n) is 6.55. The minimum Gasteiger partial charge on any atom is -0.496 e. The lowest BCUT2D eigenvalue weighted by atomic mass is 9.85. The van der Waals surface area contributed by atoms with Gasteiger partial charge in [0.25, 0.3) is 0 Å². The molecule has 20 heavy (non-hydrogen) atoms. The van der Waals surface area contributed by atoms with E-state index in [4.69, 9.17) is 4.74 Å². The van der Waals surface area contributed by atoms with Crippen LogP contribution >= 0.6 is 0 Å². The van der Waals surface area contributed by atoms with E-state index >= 15 is 0 Å². The third-order valence-corrected chi connectivity index (χ3v) is 3.89. The third-order valence-electron chi connectivity index (χ3n) is 3.89. The highest BCUT2D eigenvalue weighted by Crippen LogP contribution is 2.32. The van der Waals surface area contributed by atoms with E-state index in [0.29, 0.717) is 6.42 Å². The number of hydrogen-bond donors (Lipinski definition) is 0. The molecule has 0 bridgehead atoms. The van der Waals surface area contributed by atoms with E-state index in [1.807, 2.05) is 17.0 Å². The number of hydrogen-bond acceptors (Lipinski definition) is 2. The van der Waals surface area contributed by atoms with Gasteiger partial charge in [-0.1, -0.05) is 32.9 Å². The van der Waals surface area contributed by atoms with Crippen LogP contribution in [0, 0.1) is 0 Å². The molecule has 1 heterocycles. The van der Waals surface area contributed by atoms with Crippen LogP contribution < -0.4 is 4.74 Å². The molecule has 3 heteroatoms. The number of ether oxygens (including phenoxy) is 1. The second-order valence-corrected chi connectivity index (χ2v) is 6.55. The van der Waals surface area contributed by atoms with Gasteiger partial charge >= 0.3 is 0 Å². The zero-order valence-electron chi connectivity index (χ0n) is 13.0. The molecule has 0 N–H and O–H groups in total. The Hall–Kier alpha value is -1.51. The summed E-state index contributed by atoms with van der Waals surface area (Å²) in [6.07, 6.45) is 2.77. The molecule has 3 nitrogen and oxygen atoms in total. The Morgan fingerprint density at radius 3 is 2.45 bits per heavy atom. The minimum absolute atomic E-state index is 0.0119. The summed E-state index contributed by atoms with van der Waals surface area (Å²) in [6.45, 7) is 8.33. The Labute approximate surface area is 121 Å². The average Bonchev–Trinajstić information content (AvgIpc) is 2.91. The fraction of sp³-hybridized carbons (Fsp3) is 0.588. The molecule has 0 radical (unpaired) electrons. The molecule has 2 rings (SSSR count). The molecule has 1 aliphatic heterocycles.